The van der Waals surface area contributed by atoms with Crippen molar-refractivity contribution in [2.45, 2.75) is 19.4 Å². The Morgan fingerprint density at radius 3 is 2.75 bits per heavy atom. The number of hydrogen-bond donors (Lipinski definition) is 1. The van der Waals surface area contributed by atoms with Gasteiger partial charge in [-0.3, -0.25) is 0 Å². The fourth-order valence-electron chi connectivity index (χ4n) is 1.02. The maximum Gasteiger partial charge on any atom is 0.0553 e. The SMILES string of the molecule is CC(O)Cc1c(Cl)cccc1Br. The second-order valence-electron chi connectivity index (χ2n) is 2.75. The van der Waals surface area contributed by atoms with E-state index in [1.807, 2.05) is 18.2 Å². The molecule has 0 spiro atoms. The van der Waals surface area contributed by atoms with Crippen LogP contribution in [0, 0.1) is 0 Å². The minimum Gasteiger partial charge on any atom is -0.393 e. The van der Waals surface area contributed by atoms with Crippen LogP contribution in [0.15, 0.2) is 22.7 Å². The van der Waals surface area contributed by atoms with Crippen LogP contribution in [0.4, 0.5) is 0 Å². The average molecular weight is 250 g/mol. The van der Waals surface area contributed by atoms with Crippen molar-refractivity contribution in [3.63, 3.8) is 0 Å². The van der Waals surface area contributed by atoms with E-state index in [4.69, 9.17) is 11.6 Å². The van der Waals surface area contributed by atoms with E-state index < -0.39 is 0 Å². The fourth-order valence-corrected chi connectivity index (χ4v) is 1.92. The first-order chi connectivity index (χ1) is 5.61. The van der Waals surface area contributed by atoms with Crippen molar-refractivity contribution in [1.82, 2.24) is 0 Å². The maximum atomic E-state index is 9.18. The number of halogens is 2. The van der Waals surface area contributed by atoms with Gasteiger partial charge in [-0.2, -0.15) is 0 Å². The van der Waals surface area contributed by atoms with E-state index in [9.17, 15) is 5.11 Å². The van der Waals surface area contributed by atoms with Crippen molar-refractivity contribution in [1.29, 1.82) is 0 Å². The Labute approximate surface area is 85.5 Å². The monoisotopic (exact) mass is 248 g/mol. The average Bonchev–Trinajstić information content (AvgIpc) is 1.97. The van der Waals surface area contributed by atoms with Crippen molar-refractivity contribution in [2.75, 3.05) is 0 Å². The lowest BCUT2D eigenvalue weighted by Crippen LogP contribution is -2.05. The predicted octanol–water partition coefficient (Wildman–Crippen LogP) is 3.03. The molecule has 0 bridgehead atoms. The van der Waals surface area contributed by atoms with Gasteiger partial charge in [0.05, 0.1) is 6.10 Å². The molecule has 0 aliphatic rings. The van der Waals surface area contributed by atoms with Crippen LogP contribution < -0.4 is 0 Å². The van der Waals surface area contributed by atoms with Crippen molar-refractivity contribution in [3.8, 4) is 0 Å². The minimum atomic E-state index is -0.360. The van der Waals surface area contributed by atoms with Crippen LogP contribution in [0.3, 0.4) is 0 Å². The molecule has 1 atom stereocenters. The van der Waals surface area contributed by atoms with Crippen molar-refractivity contribution in [2.24, 2.45) is 0 Å². The zero-order valence-corrected chi connectivity index (χ0v) is 9.06. The third-order valence-electron chi connectivity index (χ3n) is 1.56. The summed E-state index contributed by atoms with van der Waals surface area (Å²) < 4.78 is 0.955. The van der Waals surface area contributed by atoms with Crippen LogP contribution in [-0.4, -0.2) is 11.2 Å². The van der Waals surface area contributed by atoms with Gasteiger partial charge in [0.15, 0.2) is 0 Å². The standard InChI is InChI=1S/C9H10BrClO/c1-6(12)5-7-8(10)3-2-4-9(7)11/h2-4,6,12H,5H2,1H3. The van der Waals surface area contributed by atoms with E-state index in [2.05, 4.69) is 15.9 Å². The molecule has 0 saturated heterocycles. The Morgan fingerprint density at radius 2 is 2.25 bits per heavy atom. The van der Waals surface area contributed by atoms with Gasteiger partial charge < -0.3 is 5.11 Å². The van der Waals surface area contributed by atoms with Crippen molar-refractivity contribution in [3.05, 3.63) is 33.3 Å². The molecule has 1 nitrogen and oxygen atoms in total. The molecule has 0 radical (unpaired) electrons. The molecule has 0 heterocycles. The molecule has 0 aromatic heterocycles. The lowest BCUT2D eigenvalue weighted by Gasteiger charge is -2.08. The van der Waals surface area contributed by atoms with Crippen molar-refractivity contribution < 1.29 is 5.11 Å². The molecule has 0 aliphatic carbocycles. The normalized spacial score (nSPS) is 13.0. The second kappa shape index (κ2) is 4.26. The van der Waals surface area contributed by atoms with Gasteiger partial charge in [-0.25, -0.2) is 0 Å². The Morgan fingerprint density at radius 1 is 1.58 bits per heavy atom. The number of rotatable bonds is 2. The first-order valence-electron chi connectivity index (χ1n) is 3.72. The number of aliphatic hydroxyl groups excluding tert-OH is 1. The van der Waals surface area contributed by atoms with Gasteiger partial charge in [0, 0.05) is 15.9 Å². The zero-order chi connectivity index (χ0) is 9.14. The lowest BCUT2D eigenvalue weighted by molar-refractivity contribution is 0.195. The third-order valence-corrected chi connectivity index (χ3v) is 2.66. The van der Waals surface area contributed by atoms with E-state index >= 15 is 0 Å². The van der Waals surface area contributed by atoms with Crippen LogP contribution in [-0.2, 0) is 6.42 Å². The fraction of sp³-hybridized carbons (Fsp3) is 0.333. The molecule has 1 N–H and O–H groups in total. The largest absolute Gasteiger partial charge is 0.393 e. The molecule has 0 aliphatic heterocycles. The van der Waals surface area contributed by atoms with Crippen molar-refractivity contribution >= 4 is 27.5 Å². The van der Waals surface area contributed by atoms with Gasteiger partial charge in [-0.05, 0) is 24.6 Å². The van der Waals surface area contributed by atoms with Crippen LogP contribution >= 0.6 is 27.5 Å². The van der Waals surface area contributed by atoms with Crippen LogP contribution in [0.25, 0.3) is 0 Å². The summed E-state index contributed by atoms with van der Waals surface area (Å²) >= 11 is 9.31. The molecule has 0 amide bonds. The van der Waals surface area contributed by atoms with Gasteiger partial charge in [0.1, 0.15) is 0 Å². The quantitative estimate of drug-likeness (QED) is 0.854. The molecule has 1 rings (SSSR count). The summed E-state index contributed by atoms with van der Waals surface area (Å²) in [6.45, 7) is 1.75. The molecular weight excluding hydrogens is 239 g/mol. The smallest absolute Gasteiger partial charge is 0.0553 e. The van der Waals surface area contributed by atoms with Gasteiger partial charge in [0.2, 0.25) is 0 Å². The molecule has 0 fully saturated rings. The lowest BCUT2D eigenvalue weighted by atomic mass is 10.1. The topological polar surface area (TPSA) is 20.2 Å². The Kier molecular flexibility index (Phi) is 3.56. The molecule has 3 heteroatoms. The molecule has 0 saturated carbocycles. The highest BCUT2D eigenvalue weighted by Gasteiger charge is 2.06. The summed E-state index contributed by atoms with van der Waals surface area (Å²) in [5.41, 5.74) is 0.967. The Hall–Kier alpha value is -0.0500. The molecular formula is C9H10BrClO. The van der Waals surface area contributed by atoms with Crippen LogP contribution in [0.1, 0.15) is 12.5 Å². The minimum absolute atomic E-state index is 0.360. The highest BCUT2D eigenvalue weighted by atomic mass is 79.9. The summed E-state index contributed by atoms with van der Waals surface area (Å²) in [5.74, 6) is 0. The van der Waals surface area contributed by atoms with E-state index in [0.717, 1.165) is 10.0 Å². The molecule has 1 unspecified atom stereocenters. The summed E-state index contributed by atoms with van der Waals surface area (Å²) in [4.78, 5) is 0. The Bertz CT molecular complexity index is 253. The van der Waals surface area contributed by atoms with Crippen LogP contribution in [0.5, 0.6) is 0 Å². The Balaban J connectivity index is 2.96. The predicted molar refractivity (Wildman–Crippen MR) is 54.5 cm³/mol. The van der Waals surface area contributed by atoms with Gasteiger partial charge >= 0.3 is 0 Å². The molecule has 1 aromatic rings. The van der Waals surface area contributed by atoms with Gasteiger partial charge in [-0.1, -0.05) is 33.6 Å². The van der Waals surface area contributed by atoms with E-state index in [-0.39, 0.29) is 6.10 Å². The number of hydrogen-bond acceptors (Lipinski definition) is 1. The number of benzene rings is 1. The second-order valence-corrected chi connectivity index (χ2v) is 4.01. The third kappa shape index (κ3) is 2.47. The van der Waals surface area contributed by atoms with E-state index in [1.54, 1.807) is 6.92 Å². The highest BCUT2D eigenvalue weighted by molar-refractivity contribution is 9.10. The van der Waals surface area contributed by atoms with E-state index in [0.29, 0.717) is 11.4 Å². The van der Waals surface area contributed by atoms with E-state index in [1.165, 1.54) is 0 Å². The zero-order valence-electron chi connectivity index (χ0n) is 6.72. The molecule has 12 heavy (non-hydrogen) atoms. The number of aliphatic hydroxyl groups is 1. The molecule has 1 aromatic carbocycles. The summed E-state index contributed by atoms with van der Waals surface area (Å²) in [5, 5.41) is 9.87. The van der Waals surface area contributed by atoms with Gasteiger partial charge in [0.25, 0.3) is 0 Å². The first-order valence-corrected chi connectivity index (χ1v) is 4.89. The summed E-state index contributed by atoms with van der Waals surface area (Å²) in [6, 6.07) is 5.62. The summed E-state index contributed by atoms with van der Waals surface area (Å²) in [7, 11) is 0. The van der Waals surface area contributed by atoms with Gasteiger partial charge in [-0.15, -0.1) is 0 Å². The first kappa shape index (κ1) is 10.0. The maximum absolute atomic E-state index is 9.18. The molecule has 66 valence electrons. The summed E-state index contributed by atoms with van der Waals surface area (Å²) in [6.07, 6.45) is 0.224. The highest BCUT2D eigenvalue weighted by Crippen LogP contribution is 2.25. The van der Waals surface area contributed by atoms with Crippen LogP contribution in [0.2, 0.25) is 5.02 Å².